The van der Waals surface area contributed by atoms with Gasteiger partial charge in [0.15, 0.2) is 16.6 Å². The van der Waals surface area contributed by atoms with E-state index in [1.807, 2.05) is 23.9 Å². The molecule has 0 aliphatic carbocycles. The summed E-state index contributed by atoms with van der Waals surface area (Å²) in [6.45, 7) is 1.68. The molecule has 4 nitrogen and oxygen atoms in total. The Labute approximate surface area is 150 Å². The normalized spacial score (nSPS) is 10.2. The molecule has 0 aliphatic heterocycles. The number of thioether (sulfide) groups is 1. The van der Waals surface area contributed by atoms with Crippen LogP contribution in [0.1, 0.15) is 12.0 Å². The lowest BCUT2D eigenvalue weighted by Gasteiger charge is -2.13. The number of hydrogen-bond acceptors (Lipinski definition) is 4. The first kappa shape index (κ1) is 19.4. The first-order chi connectivity index (χ1) is 10.6. The standard InChI is InChI=1S/C15H23BrN2O2S2/c1-19-13-9-11(12(16)10-14(13)20-2)5-7-18-15(21)17-6-4-8-22-3/h9-10H,4-8H2,1-3H3,(H2,17,18,21). The van der Waals surface area contributed by atoms with E-state index >= 15 is 0 Å². The highest BCUT2D eigenvalue weighted by molar-refractivity contribution is 9.10. The van der Waals surface area contributed by atoms with E-state index in [-0.39, 0.29) is 0 Å². The van der Waals surface area contributed by atoms with Crippen molar-refractivity contribution in [3.05, 3.63) is 22.2 Å². The van der Waals surface area contributed by atoms with E-state index in [4.69, 9.17) is 21.7 Å². The van der Waals surface area contributed by atoms with Gasteiger partial charge in [0.25, 0.3) is 0 Å². The summed E-state index contributed by atoms with van der Waals surface area (Å²) in [5.41, 5.74) is 1.15. The van der Waals surface area contributed by atoms with Crippen molar-refractivity contribution in [1.29, 1.82) is 0 Å². The van der Waals surface area contributed by atoms with E-state index in [1.165, 1.54) is 0 Å². The molecule has 22 heavy (non-hydrogen) atoms. The minimum Gasteiger partial charge on any atom is -0.493 e. The van der Waals surface area contributed by atoms with Crippen molar-refractivity contribution >= 4 is 45.0 Å². The van der Waals surface area contributed by atoms with Crippen molar-refractivity contribution < 1.29 is 9.47 Å². The van der Waals surface area contributed by atoms with Gasteiger partial charge in [0, 0.05) is 17.6 Å². The third-order valence-electron chi connectivity index (χ3n) is 3.04. The van der Waals surface area contributed by atoms with Gasteiger partial charge in [-0.25, -0.2) is 0 Å². The molecule has 0 amide bonds. The molecule has 0 spiro atoms. The summed E-state index contributed by atoms with van der Waals surface area (Å²) < 4.78 is 11.6. The van der Waals surface area contributed by atoms with Gasteiger partial charge in [0.2, 0.25) is 0 Å². The maximum absolute atomic E-state index is 5.33. The Kier molecular flexibility index (Phi) is 9.66. The van der Waals surface area contributed by atoms with Gasteiger partial charge >= 0.3 is 0 Å². The maximum Gasteiger partial charge on any atom is 0.166 e. The van der Waals surface area contributed by atoms with Crippen molar-refractivity contribution in [2.45, 2.75) is 12.8 Å². The maximum atomic E-state index is 5.33. The molecule has 2 N–H and O–H groups in total. The zero-order chi connectivity index (χ0) is 16.4. The van der Waals surface area contributed by atoms with E-state index in [2.05, 4.69) is 32.8 Å². The Bertz CT molecular complexity index is 487. The largest absolute Gasteiger partial charge is 0.493 e. The number of methoxy groups -OCH3 is 2. The van der Waals surface area contributed by atoms with Crippen LogP contribution in [-0.4, -0.2) is 44.4 Å². The molecule has 7 heteroatoms. The Balaban J connectivity index is 2.43. The van der Waals surface area contributed by atoms with Crippen molar-refractivity contribution in [2.24, 2.45) is 0 Å². The SMILES string of the molecule is COc1cc(Br)c(CCNC(=S)NCCCSC)cc1OC. The first-order valence-corrected chi connectivity index (χ1v) is 9.63. The van der Waals surface area contributed by atoms with Crippen molar-refractivity contribution in [3.8, 4) is 11.5 Å². The topological polar surface area (TPSA) is 42.5 Å². The molecule has 1 aromatic carbocycles. The minimum absolute atomic E-state index is 0.706. The van der Waals surface area contributed by atoms with Crippen LogP contribution in [0.4, 0.5) is 0 Å². The zero-order valence-electron chi connectivity index (χ0n) is 13.2. The van der Waals surface area contributed by atoms with E-state index in [0.717, 1.165) is 53.2 Å². The fourth-order valence-electron chi connectivity index (χ4n) is 1.88. The molecule has 1 aromatic rings. The second kappa shape index (κ2) is 11.0. The van der Waals surface area contributed by atoms with Crippen LogP contribution in [0.5, 0.6) is 11.5 Å². The van der Waals surface area contributed by atoms with Gasteiger partial charge in [0.1, 0.15) is 0 Å². The van der Waals surface area contributed by atoms with Gasteiger partial charge < -0.3 is 20.1 Å². The van der Waals surface area contributed by atoms with Gasteiger partial charge in [-0.3, -0.25) is 0 Å². The number of halogens is 1. The smallest absolute Gasteiger partial charge is 0.166 e. The molecule has 1 rings (SSSR count). The summed E-state index contributed by atoms with van der Waals surface area (Å²) in [7, 11) is 3.27. The van der Waals surface area contributed by atoms with Gasteiger partial charge in [-0.1, -0.05) is 15.9 Å². The number of hydrogen-bond donors (Lipinski definition) is 2. The highest BCUT2D eigenvalue weighted by Gasteiger charge is 2.09. The zero-order valence-corrected chi connectivity index (χ0v) is 16.4. The van der Waals surface area contributed by atoms with Crippen LogP contribution in [0.15, 0.2) is 16.6 Å². The van der Waals surface area contributed by atoms with Crippen LogP contribution in [-0.2, 0) is 6.42 Å². The first-order valence-electron chi connectivity index (χ1n) is 7.03. The number of rotatable bonds is 9. The molecule has 0 unspecified atom stereocenters. The summed E-state index contributed by atoms with van der Waals surface area (Å²) >= 11 is 10.7. The van der Waals surface area contributed by atoms with Crippen LogP contribution in [0.2, 0.25) is 0 Å². The van der Waals surface area contributed by atoms with Gasteiger partial charge in [-0.05, 0) is 54.8 Å². The average molecular weight is 407 g/mol. The number of benzene rings is 1. The molecule has 0 fully saturated rings. The fourth-order valence-corrected chi connectivity index (χ4v) is 3.04. The van der Waals surface area contributed by atoms with Gasteiger partial charge in [-0.15, -0.1) is 0 Å². The van der Waals surface area contributed by atoms with Crippen LogP contribution in [0.25, 0.3) is 0 Å². The number of ether oxygens (including phenoxy) is 2. The van der Waals surface area contributed by atoms with Crippen LogP contribution in [0.3, 0.4) is 0 Å². The lowest BCUT2D eigenvalue weighted by atomic mass is 10.1. The monoisotopic (exact) mass is 406 g/mol. The van der Waals surface area contributed by atoms with Crippen LogP contribution < -0.4 is 20.1 Å². The summed E-state index contributed by atoms with van der Waals surface area (Å²) in [4.78, 5) is 0. The highest BCUT2D eigenvalue weighted by atomic mass is 79.9. The summed E-state index contributed by atoms with van der Waals surface area (Å²) in [6.07, 6.45) is 4.06. The summed E-state index contributed by atoms with van der Waals surface area (Å²) in [6, 6.07) is 3.91. The quantitative estimate of drug-likeness (QED) is 0.484. The Morgan fingerprint density at radius 1 is 1.18 bits per heavy atom. The summed E-state index contributed by atoms with van der Waals surface area (Å²) in [5, 5.41) is 7.14. The second-order valence-corrected chi connectivity index (χ2v) is 6.83. The predicted octanol–water partition coefficient (Wildman–Crippen LogP) is 3.23. The van der Waals surface area contributed by atoms with Gasteiger partial charge in [-0.2, -0.15) is 11.8 Å². The molecule has 0 saturated heterocycles. The Morgan fingerprint density at radius 3 is 2.45 bits per heavy atom. The molecule has 0 bridgehead atoms. The Hall–Kier alpha value is -0.660. The van der Waals surface area contributed by atoms with E-state index in [1.54, 1.807) is 14.2 Å². The van der Waals surface area contributed by atoms with Gasteiger partial charge in [0.05, 0.1) is 14.2 Å². The Morgan fingerprint density at radius 2 is 1.82 bits per heavy atom. The molecule has 0 aliphatic rings. The van der Waals surface area contributed by atoms with Crippen molar-refractivity contribution in [2.75, 3.05) is 39.3 Å². The van der Waals surface area contributed by atoms with Crippen LogP contribution in [0, 0.1) is 0 Å². The second-order valence-electron chi connectivity index (χ2n) is 4.58. The lowest BCUT2D eigenvalue weighted by molar-refractivity contribution is 0.354. The molecule has 0 radical (unpaired) electrons. The van der Waals surface area contributed by atoms with Crippen LogP contribution >= 0.6 is 39.9 Å². The minimum atomic E-state index is 0.706. The molecule has 0 atom stereocenters. The van der Waals surface area contributed by atoms with Crippen molar-refractivity contribution in [3.63, 3.8) is 0 Å². The molecular weight excluding hydrogens is 384 g/mol. The highest BCUT2D eigenvalue weighted by Crippen LogP contribution is 2.33. The third-order valence-corrected chi connectivity index (χ3v) is 4.77. The number of nitrogens with one attached hydrogen (secondary N) is 2. The molecule has 0 saturated carbocycles. The van der Waals surface area contributed by atoms with E-state index in [9.17, 15) is 0 Å². The average Bonchev–Trinajstić information content (AvgIpc) is 2.52. The number of thiocarbonyl (C=S) groups is 1. The summed E-state index contributed by atoms with van der Waals surface area (Å²) in [5.74, 6) is 2.60. The predicted molar refractivity (Wildman–Crippen MR) is 103 cm³/mol. The lowest BCUT2D eigenvalue weighted by Crippen LogP contribution is -2.37. The third kappa shape index (κ3) is 6.62. The van der Waals surface area contributed by atoms with E-state index < -0.39 is 0 Å². The molecule has 124 valence electrons. The molecular formula is C15H23BrN2O2S2. The van der Waals surface area contributed by atoms with E-state index in [0.29, 0.717) is 5.11 Å². The fraction of sp³-hybridized carbons (Fsp3) is 0.533. The molecule has 0 heterocycles. The molecule has 0 aromatic heterocycles. The van der Waals surface area contributed by atoms with Crippen molar-refractivity contribution in [1.82, 2.24) is 10.6 Å².